The predicted molar refractivity (Wildman–Crippen MR) is 51.4 cm³/mol. The Kier molecular flexibility index (Phi) is 3.68. The van der Waals surface area contributed by atoms with Gasteiger partial charge in [-0.25, -0.2) is 0 Å². The summed E-state index contributed by atoms with van der Waals surface area (Å²) in [6.07, 6.45) is 5.03. The van der Waals surface area contributed by atoms with Gasteiger partial charge >= 0.3 is 0 Å². The Labute approximate surface area is 78.8 Å². The fraction of sp³-hybridized carbons (Fsp3) is 0.600. The number of aromatic nitrogens is 2. The van der Waals surface area contributed by atoms with E-state index in [9.17, 15) is 4.79 Å². The minimum atomic E-state index is 0.349. The molecule has 13 heavy (non-hydrogen) atoms. The molecule has 0 amide bonds. The van der Waals surface area contributed by atoms with Crippen molar-refractivity contribution in [3.05, 3.63) is 18.0 Å². The molecule has 0 saturated heterocycles. The Bertz CT molecular complexity index is 278. The highest BCUT2D eigenvalue weighted by Crippen LogP contribution is 2.04. The van der Waals surface area contributed by atoms with Gasteiger partial charge in [0.05, 0.1) is 0 Å². The van der Waals surface area contributed by atoms with Gasteiger partial charge in [0.25, 0.3) is 0 Å². The maximum Gasteiger partial charge on any atom is 0.132 e. The molecule has 3 nitrogen and oxygen atoms in total. The lowest BCUT2D eigenvalue weighted by Crippen LogP contribution is -2.00. The zero-order valence-electron chi connectivity index (χ0n) is 8.29. The van der Waals surface area contributed by atoms with Gasteiger partial charge in [0.15, 0.2) is 0 Å². The maximum absolute atomic E-state index is 11.0. The number of rotatable bonds is 5. The van der Waals surface area contributed by atoms with Gasteiger partial charge in [-0.15, -0.1) is 0 Å². The lowest BCUT2D eigenvalue weighted by molar-refractivity contribution is -0.118. The van der Waals surface area contributed by atoms with E-state index in [0.717, 1.165) is 12.8 Å². The van der Waals surface area contributed by atoms with Crippen molar-refractivity contribution < 1.29 is 4.79 Å². The van der Waals surface area contributed by atoms with Crippen LogP contribution in [0.15, 0.2) is 12.3 Å². The first kappa shape index (κ1) is 9.96. The molecule has 0 atom stereocenters. The third kappa shape index (κ3) is 3.01. The molecule has 1 aromatic heterocycles. The molecule has 3 heteroatoms. The minimum absolute atomic E-state index is 0.349. The van der Waals surface area contributed by atoms with Crippen molar-refractivity contribution in [3.8, 4) is 0 Å². The summed E-state index contributed by atoms with van der Waals surface area (Å²) in [5, 5.41) is 4.07. The highest BCUT2D eigenvalue weighted by atomic mass is 16.1. The summed E-state index contributed by atoms with van der Waals surface area (Å²) in [6.45, 7) is 1.91. The van der Waals surface area contributed by atoms with E-state index in [2.05, 4.69) is 5.10 Å². The number of aryl methyl sites for hydroxylation is 2. The smallest absolute Gasteiger partial charge is 0.132 e. The summed E-state index contributed by atoms with van der Waals surface area (Å²) < 4.78 is 1.86. The maximum atomic E-state index is 11.0. The van der Waals surface area contributed by atoms with E-state index in [0.29, 0.717) is 18.6 Å². The lowest BCUT2D eigenvalue weighted by atomic mass is 10.1. The van der Waals surface area contributed by atoms with Crippen molar-refractivity contribution in [1.82, 2.24) is 9.78 Å². The summed E-state index contributed by atoms with van der Waals surface area (Å²) in [5.74, 6) is 0.349. The molecule has 0 aliphatic heterocycles. The van der Waals surface area contributed by atoms with Crippen LogP contribution in [-0.4, -0.2) is 15.6 Å². The van der Waals surface area contributed by atoms with Gasteiger partial charge in [0, 0.05) is 31.8 Å². The first-order chi connectivity index (χ1) is 6.24. The zero-order valence-corrected chi connectivity index (χ0v) is 8.29. The van der Waals surface area contributed by atoms with Gasteiger partial charge in [-0.2, -0.15) is 5.10 Å². The average Bonchev–Trinajstić information content (AvgIpc) is 2.52. The molecule has 1 aromatic rings. The lowest BCUT2D eigenvalue weighted by Gasteiger charge is -2.00. The molecule has 0 fully saturated rings. The van der Waals surface area contributed by atoms with E-state index < -0.39 is 0 Å². The second kappa shape index (κ2) is 4.80. The molecule has 72 valence electrons. The van der Waals surface area contributed by atoms with Crippen molar-refractivity contribution >= 4 is 5.78 Å². The standard InChI is InChI=1S/C10H16N2O/c1-3-10(13)6-4-5-9-7-8-11-12(9)2/h7-8H,3-6H2,1-2H3. The van der Waals surface area contributed by atoms with E-state index in [1.54, 1.807) is 6.20 Å². The number of carbonyl (C=O) groups excluding carboxylic acids is 1. The molecule has 0 N–H and O–H groups in total. The molecule has 0 aromatic carbocycles. The normalized spacial score (nSPS) is 10.3. The van der Waals surface area contributed by atoms with Crippen molar-refractivity contribution in [3.63, 3.8) is 0 Å². The van der Waals surface area contributed by atoms with Gasteiger partial charge in [0.2, 0.25) is 0 Å². The molecule has 0 aliphatic carbocycles. The molecule has 0 unspecified atom stereocenters. The Morgan fingerprint density at radius 1 is 1.62 bits per heavy atom. The monoisotopic (exact) mass is 180 g/mol. The topological polar surface area (TPSA) is 34.9 Å². The van der Waals surface area contributed by atoms with Gasteiger partial charge in [-0.3, -0.25) is 9.48 Å². The SMILES string of the molecule is CCC(=O)CCCc1ccnn1C. The fourth-order valence-electron chi connectivity index (χ4n) is 1.29. The van der Waals surface area contributed by atoms with Crippen LogP contribution >= 0.6 is 0 Å². The van der Waals surface area contributed by atoms with Crippen LogP contribution in [0.5, 0.6) is 0 Å². The van der Waals surface area contributed by atoms with Crippen LogP contribution in [0.4, 0.5) is 0 Å². The average molecular weight is 180 g/mol. The molecular formula is C10H16N2O. The molecule has 0 bridgehead atoms. The number of carbonyl (C=O) groups is 1. The Hall–Kier alpha value is -1.12. The third-order valence-electron chi connectivity index (χ3n) is 2.21. The Morgan fingerprint density at radius 3 is 2.92 bits per heavy atom. The van der Waals surface area contributed by atoms with Gasteiger partial charge < -0.3 is 0 Å². The third-order valence-corrected chi connectivity index (χ3v) is 2.21. The quantitative estimate of drug-likeness (QED) is 0.691. The van der Waals surface area contributed by atoms with Crippen LogP contribution in [0.1, 0.15) is 31.9 Å². The number of hydrogen-bond acceptors (Lipinski definition) is 2. The number of Topliss-reactive ketones (excluding diaryl/α,β-unsaturated/α-hetero) is 1. The summed E-state index contributed by atoms with van der Waals surface area (Å²) in [4.78, 5) is 11.0. The van der Waals surface area contributed by atoms with Crippen LogP contribution in [0.25, 0.3) is 0 Å². The number of ketones is 1. The molecule has 1 heterocycles. The minimum Gasteiger partial charge on any atom is -0.300 e. The second-order valence-corrected chi connectivity index (χ2v) is 3.19. The number of nitrogens with zero attached hydrogens (tertiary/aromatic N) is 2. The van der Waals surface area contributed by atoms with E-state index in [-0.39, 0.29) is 0 Å². The van der Waals surface area contributed by atoms with Crippen molar-refractivity contribution in [1.29, 1.82) is 0 Å². The molecule has 0 saturated carbocycles. The summed E-state index contributed by atoms with van der Waals surface area (Å²) in [5.41, 5.74) is 1.20. The van der Waals surface area contributed by atoms with E-state index in [4.69, 9.17) is 0 Å². The van der Waals surface area contributed by atoms with E-state index in [1.807, 2.05) is 24.7 Å². The molecular weight excluding hydrogens is 164 g/mol. The van der Waals surface area contributed by atoms with Gasteiger partial charge in [-0.05, 0) is 18.9 Å². The summed E-state index contributed by atoms with van der Waals surface area (Å²) in [6, 6.07) is 2.00. The molecule has 0 aliphatic rings. The van der Waals surface area contributed by atoms with Crippen LogP contribution < -0.4 is 0 Å². The highest BCUT2D eigenvalue weighted by molar-refractivity contribution is 5.77. The first-order valence-corrected chi connectivity index (χ1v) is 4.72. The molecule has 1 rings (SSSR count). The van der Waals surface area contributed by atoms with Crippen molar-refractivity contribution in [2.24, 2.45) is 7.05 Å². The second-order valence-electron chi connectivity index (χ2n) is 3.19. The largest absolute Gasteiger partial charge is 0.300 e. The molecule has 0 spiro atoms. The van der Waals surface area contributed by atoms with E-state index in [1.165, 1.54) is 5.69 Å². The first-order valence-electron chi connectivity index (χ1n) is 4.72. The van der Waals surface area contributed by atoms with Crippen LogP contribution in [0, 0.1) is 0 Å². The van der Waals surface area contributed by atoms with E-state index >= 15 is 0 Å². The number of hydrogen-bond donors (Lipinski definition) is 0. The van der Waals surface area contributed by atoms with Gasteiger partial charge in [-0.1, -0.05) is 6.92 Å². The fourth-order valence-corrected chi connectivity index (χ4v) is 1.29. The van der Waals surface area contributed by atoms with Crippen molar-refractivity contribution in [2.45, 2.75) is 32.6 Å². The Balaban J connectivity index is 2.28. The van der Waals surface area contributed by atoms with Crippen LogP contribution in [-0.2, 0) is 18.3 Å². The van der Waals surface area contributed by atoms with Crippen LogP contribution in [0.3, 0.4) is 0 Å². The Morgan fingerprint density at radius 2 is 2.38 bits per heavy atom. The summed E-state index contributed by atoms with van der Waals surface area (Å²) >= 11 is 0. The molecule has 0 radical (unpaired) electrons. The summed E-state index contributed by atoms with van der Waals surface area (Å²) in [7, 11) is 1.93. The highest BCUT2D eigenvalue weighted by Gasteiger charge is 2.01. The van der Waals surface area contributed by atoms with Crippen LogP contribution in [0.2, 0.25) is 0 Å². The van der Waals surface area contributed by atoms with Gasteiger partial charge in [0.1, 0.15) is 5.78 Å². The van der Waals surface area contributed by atoms with Crippen molar-refractivity contribution in [2.75, 3.05) is 0 Å². The zero-order chi connectivity index (χ0) is 9.68. The predicted octanol–water partition coefficient (Wildman–Crippen LogP) is 1.72.